The van der Waals surface area contributed by atoms with E-state index in [4.69, 9.17) is 8.92 Å². The molecule has 0 spiro atoms. The Morgan fingerprint density at radius 2 is 1.95 bits per heavy atom. The van der Waals surface area contributed by atoms with Crippen LogP contribution in [0.5, 0.6) is 0 Å². The van der Waals surface area contributed by atoms with Gasteiger partial charge in [0.1, 0.15) is 5.60 Å². The summed E-state index contributed by atoms with van der Waals surface area (Å²) in [6.45, 7) is 5.63. The standard InChI is InChI=1S/C13H25NO5S/c1-13(2,3)19-12(15)14-11-7-5-6-10(8-11)9-18-20(4,16)17/h10-11H,5-9H2,1-4H3,(H,14,15). The highest BCUT2D eigenvalue weighted by molar-refractivity contribution is 7.85. The van der Waals surface area contributed by atoms with E-state index in [1.54, 1.807) is 0 Å². The Morgan fingerprint density at radius 3 is 2.50 bits per heavy atom. The molecule has 0 radical (unpaired) electrons. The van der Waals surface area contributed by atoms with Crippen LogP contribution in [-0.4, -0.2) is 39.0 Å². The van der Waals surface area contributed by atoms with E-state index in [0.29, 0.717) is 0 Å². The Bertz CT molecular complexity index is 427. The first-order valence-corrected chi connectivity index (χ1v) is 8.71. The van der Waals surface area contributed by atoms with Gasteiger partial charge in [0.2, 0.25) is 0 Å². The van der Waals surface area contributed by atoms with Crippen LogP contribution in [0.15, 0.2) is 0 Å². The summed E-state index contributed by atoms with van der Waals surface area (Å²) in [6, 6.07) is 0.0201. The molecule has 1 amide bonds. The number of carbonyl (C=O) groups excluding carboxylic acids is 1. The first-order chi connectivity index (χ1) is 9.05. The second-order valence-corrected chi connectivity index (χ2v) is 8.01. The molecule has 1 saturated carbocycles. The van der Waals surface area contributed by atoms with Gasteiger partial charge in [-0.1, -0.05) is 6.42 Å². The molecule has 6 nitrogen and oxygen atoms in total. The summed E-state index contributed by atoms with van der Waals surface area (Å²) in [5, 5.41) is 2.84. The van der Waals surface area contributed by atoms with Crippen molar-refractivity contribution in [1.82, 2.24) is 5.32 Å². The highest BCUT2D eigenvalue weighted by Gasteiger charge is 2.26. The predicted octanol–water partition coefficient (Wildman–Crippen LogP) is 2.05. The third kappa shape index (κ3) is 7.69. The van der Waals surface area contributed by atoms with E-state index in [-0.39, 0.29) is 18.6 Å². The van der Waals surface area contributed by atoms with Gasteiger partial charge in [0.15, 0.2) is 0 Å². The maximum absolute atomic E-state index is 11.7. The smallest absolute Gasteiger partial charge is 0.407 e. The van der Waals surface area contributed by atoms with Gasteiger partial charge in [0.25, 0.3) is 10.1 Å². The zero-order valence-electron chi connectivity index (χ0n) is 12.6. The predicted molar refractivity (Wildman–Crippen MR) is 75.9 cm³/mol. The molecular formula is C13H25NO5S. The summed E-state index contributed by atoms with van der Waals surface area (Å²) in [5.41, 5.74) is -0.516. The lowest BCUT2D eigenvalue weighted by molar-refractivity contribution is 0.0478. The quantitative estimate of drug-likeness (QED) is 0.804. The van der Waals surface area contributed by atoms with Gasteiger partial charge in [-0.25, -0.2) is 4.79 Å². The molecule has 20 heavy (non-hydrogen) atoms. The number of hydrogen-bond donors (Lipinski definition) is 1. The van der Waals surface area contributed by atoms with E-state index in [1.165, 1.54) is 0 Å². The average molecular weight is 307 g/mol. The van der Waals surface area contributed by atoms with E-state index < -0.39 is 21.8 Å². The molecule has 0 aromatic carbocycles. The van der Waals surface area contributed by atoms with Crippen LogP contribution in [0, 0.1) is 5.92 Å². The molecule has 2 atom stereocenters. The minimum Gasteiger partial charge on any atom is -0.444 e. The maximum atomic E-state index is 11.7. The molecule has 1 rings (SSSR count). The van der Waals surface area contributed by atoms with E-state index in [9.17, 15) is 13.2 Å². The van der Waals surface area contributed by atoms with Crippen LogP contribution >= 0.6 is 0 Å². The van der Waals surface area contributed by atoms with Crippen molar-refractivity contribution in [2.24, 2.45) is 5.92 Å². The molecule has 1 fully saturated rings. The molecule has 118 valence electrons. The number of alkyl carbamates (subject to hydrolysis) is 1. The summed E-state index contributed by atoms with van der Waals surface area (Å²) in [7, 11) is -3.40. The molecule has 1 aliphatic carbocycles. The fourth-order valence-electron chi connectivity index (χ4n) is 2.27. The van der Waals surface area contributed by atoms with Gasteiger partial charge in [0, 0.05) is 6.04 Å². The van der Waals surface area contributed by atoms with E-state index >= 15 is 0 Å². The minimum absolute atomic E-state index is 0.0201. The Hall–Kier alpha value is -0.820. The van der Waals surface area contributed by atoms with Crippen molar-refractivity contribution in [1.29, 1.82) is 0 Å². The van der Waals surface area contributed by atoms with Crippen molar-refractivity contribution >= 4 is 16.2 Å². The van der Waals surface area contributed by atoms with Gasteiger partial charge in [-0.05, 0) is 46.0 Å². The highest BCUT2D eigenvalue weighted by atomic mass is 32.2. The van der Waals surface area contributed by atoms with Gasteiger partial charge in [-0.2, -0.15) is 8.42 Å². The summed E-state index contributed by atoms with van der Waals surface area (Å²) >= 11 is 0. The van der Waals surface area contributed by atoms with E-state index in [1.807, 2.05) is 20.8 Å². The van der Waals surface area contributed by atoms with Gasteiger partial charge in [-0.3, -0.25) is 4.18 Å². The van der Waals surface area contributed by atoms with E-state index in [0.717, 1.165) is 31.9 Å². The van der Waals surface area contributed by atoms with Crippen molar-refractivity contribution < 1.29 is 22.1 Å². The Balaban J connectivity index is 2.39. The normalized spacial score (nSPS) is 24.2. The minimum atomic E-state index is -3.40. The topological polar surface area (TPSA) is 81.7 Å². The van der Waals surface area contributed by atoms with Crippen molar-refractivity contribution in [3.05, 3.63) is 0 Å². The molecule has 0 saturated heterocycles. The third-order valence-electron chi connectivity index (χ3n) is 3.02. The molecule has 7 heteroatoms. The van der Waals surface area contributed by atoms with Gasteiger partial charge >= 0.3 is 6.09 Å². The number of amides is 1. The van der Waals surface area contributed by atoms with Gasteiger partial charge in [-0.15, -0.1) is 0 Å². The largest absolute Gasteiger partial charge is 0.444 e. The average Bonchev–Trinajstić information content (AvgIpc) is 2.23. The van der Waals surface area contributed by atoms with Crippen LogP contribution in [0.1, 0.15) is 46.5 Å². The van der Waals surface area contributed by atoms with E-state index in [2.05, 4.69) is 5.32 Å². The molecule has 2 unspecified atom stereocenters. The molecule has 0 aromatic rings. The first-order valence-electron chi connectivity index (χ1n) is 6.89. The second kappa shape index (κ2) is 6.76. The Kier molecular flexibility index (Phi) is 5.82. The number of rotatable bonds is 4. The SMILES string of the molecule is CC(C)(C)OC(=O)NC1CCCC(COS(C)(=O)=O)C1. The fourth-order valence-corrected chi connectivity index (χ4v) is 2.71. The number of carbonyl (C=O) groups is 1. The molecular weight excluding hydrogens is 282 g/mol. The summed E-state index contributed by atoms with van der Waals surface area (Å²) in [4.78, 5) is 11.7. The lowest BCUT2D eigenvalue weighted by Crippen LogP contribution is -2.42. The monoisotopic (exact) mass is 307 g/mol. The molecule has 0 heterocycles. The molecule has 1 N–H and O–H groups in total. The lowest BCUT2D eigenvalue weighted by atomic mass is 9.86. The van der Waals surface area contributed by atoms with Crippen LogP contribution < -0.4 is 5.32 Å². The summed E-state index contributed by atoms with van der Waals surface area (Å²) in [6.07, 6.45) is 4.09. The third-order valence-corrected chi connectivity index (χ3v) is 3.59. The van der Waals surface area contributed by atoms with Crippen LogP contribution in [0.2, 0.25) is 0 Å². The van der Waals surface area contributed by atoms with Crippen molar-refractivity contribution in [3.8, 4) is 0 Å². The van der Waals surface area contributed by atoms with Gasteiger partial charge in [0.05, 0.1) is 12.9 Å². The second-order valence-electron chi connectivity index (χ2n) is 6.36. The van der Waals surface area contributed by atoms with Crippen LogP contribution in [0.25, 0.3) is 0 Å². The zero-order chi connectivity index (χ0) is 15.4. The first kappa shape index (κ1) is 17.2. The molecule has 1 aliphatic rings. The number of nitrogens with one attached hydrogen (secondary N) is 1. The van der Waals surface area contributed by atoms with Crippen LogP contribution in [0.4, 0.5) is 4.79 Å². The Labute approximate surface area is 121 Å². The fraction of sp³-hybridized carbons (Fsp3) is 0.923. The molecule has 0 aliphatic heterocycles. The molecule has 0 aromatic heterocycles. The summed E-state index contributed by atoms with van der Waals surface area (Å²) < 4.78 is 32.0. The maximum Gasteiger partial charge on any atom is 0.407 e. The Morgan fingerprint density at radius 1 is 1.30 bits per heavy atom. The van der Waals surface area contributed by atoms with Crippen LogP contribution in [0.3, 0.4) is 0 Å². The van der Waals surface area contributed by atoms with Crippen molar-refractivity contribution in [2.75, 3.05) is 12.9 Å². The number of ether oxygens (including phenoxy) is 1. The molecule has 0 bridgehead atoms. The highest BCUT2D eigenvalue weighted by Crippen LogP contribution is 2.25. The zero-order valence-corrected chi connectivity index (χ0v) is 13.5. The van der Waals surface area contributed by atoms with Crippen LogP contribution in [-0.2, 0) is 19.0 Å². The van der Waals surface area contributed by atoms with Crippen molar-refractivity contribution in [2.45, 2.75) is 58.1 Å². The van der Waals surface area contributed by atoms with Gasteiger partial charge < -0.3 is 10.1 Å². The summed E-state index contributed by atoms with van der Waals surface area (Å²) in [5.74, 6) is 0.151. The lowest BCUT2D eigenvalue weighted by Gasteiger charge is -2.30. The van der Waals surface area contributed by atoms with Crippen molar-refractivity contribution in [3.63, 3.8) is 0 Å². The number of hydrogen-bond acceptors (Lipinski definition) is 5.